The molecule has 6 nitrogen and oxygen atoms in total. The molecular weight excluding hydrogens is 376 g/mol. The standard InChI is InChI=1S/C18H21ClN2O4S/c1-14(13-25-2)20-18(22)12-21(16-6-4-3-5-7-16)26(23,24)17-10-8-15(19)9-11-17/h3-11,14H,12-13H2,1-2H3,(H,20,22)/t14-/m0/s1. The molecule has 2 rings (SSSR count). The van der Waals surface area contributed by atoms with Gasteiger partial charge in [-0.2, -0.15) is 0 Å². The maximum absolute atomic E-state index is 13.1. The number of halogens is 1. The van der Waals surface area contributed by atoms with Gasteiger partial charge in [0.1, 0.15) is 6.54 Å². The molecule has 2 aromatic rings. The molecule has 0 spiro atoms. The molecule has 140 valence electrons. The first kappa shape index (κ1) is 20.2. The van der Waals surface area contributed by atoms with Crippen LogP contribution in [0.2, 0.25) is 5.02 Å². The molecule has 0 saturated heterocycles. The highest BCUT2D eigenvalue weighted by Gasteiger charge is 2.27. The molecule has 2 aromatic carbocycles. The molecule has 8 heteroatoms. The number of sulfonamides is 1. The van der Waals surface area contributed by atoms with Crippen molar-refractivity contribution in [3.63, 3.8) is 0 Å². The van der Waals surface area contributed by atoms with Crippen LogP contribution in [-0.4, -0.2) is 40.6 Å². The Bertz CT molecular complexity index is 826. The SMILES string of the molecule is COC[C@H](C)NC(=O)CN(c1ccccc1)S(=O)(=O)c1ccc(Cl)cc1. The predicted octanol–water partition coefficient (Wildman–Crippen LogP) is 2.69. The van der Waals surface area contributed by atoms with Crippen LogP contribution < -0.4 is 9.62 Å². The third kappa shape index (κ3) is 5.20. The second kappa shape index (κ2) is 9.02. The first-order valence-corrected chi connectivity index (χ1v) is 9.78. The lowest BCUT2D eigenvalue weighted by atomic mass is 10.3. The Hall–Kier alpha value is -2.09. The molecule has 0 aromatic heterocycles. The molecule has 26 heavy (non-hydrogen) atoms. The predicted molar refractivity (Wildman–Crippen MR) is 102 cm³/mol. The Kier molecular flexibility index (Phi) is 7.02. The fourth-order valence-corrected chi connectivity index (χ4v) is 3.93. The van der Waals surface area contributed by atoms with Crippen molar-refractivity contribution in [2.24, 2.45) is 0 Å². The zero-order valence-corrected chi connectivity index (χ0v) is 16.1. The van der Waals surface area contributed by atoms with Gasteiger partial charge in [0.25, 0.3) is 10.0 Å². The third-order valence-corrected chi connectivity index (χ3v) is 5.60. The zero-order valence-electron chi connectivity index (χ0n) is 14.6. The number of hydrogen-bond donors (Lipinski definition) is 1. The number of nitrogens with one attached hydrogen (secondary N) is 1. The van der Waals surface area contributed by atoms with Crippen LogP contribution in [-0.2, 0) is 19.6 Å². The van der Waals surface area contributed by atoms with Gasteiger partial charge in [0.15, 0.2) is 0 Å². The second-order valence-corrected chi connectivity index (χ2v) is 8.02. The van der Waals surface area contributed by atoms with Gasteiger partial charge in [0.2, 0.25) is 5.91 Å². The van der Waals surface area contributed by atoms with Crippen molar-refractivity contribution in [1.29, 1.82) is 0 Å². The highest BCUT2D eigenvalue weighted by molar-refractivity contribution is 7.92. The molecule has 0 aliphatic carbocycles. The van der Waals surface area contributed by atoms with E-state index in [0.717, 1.165) is 4.31 Å². The van der Waals surface area contributed by atoms with E-state index in [-0.39, 0.29) is 17.5 Å². The van der Waals surface area contributed by atoms with E-state index in [9.17, 15) is 13.2 Å². The minimum Gasteiger partial charge on any atom is -0.383 e. The van der Waals surface area contributed by atoms with Crippen molar-refractivity contribution in [2.75, 3.05) is 24.6 Å². The largest absolute Gasteiger partial charge is 0.383 e. The zero-order chi connectivity index (χ0) is 19.2. The number of methoxy groups -OCH3 is 1. The second-order valence-electron chi connectivity index (χ2n) is 5.73. The van der Waals surface area contributed by atoms with Crippen molar-refractivity contribution >= 4 is 33.2 Å². The monoisotopic (exact) mass is 396 g/mol. The van der Waals surface area contributed by atoms with Gasteiger partial charge in [-0.15, -0.1) is 0 Å². The highest BCUT2D eigenvalue weighted by Crippen LogP contribution is 2.24. The van der Waals surface area contributed by atoms with Crippen LogP contribution in [0, 0.1) is 0 Å². The van der Waals surface area contributed by atoms with Gasteiger partial charge in [0.05, 0.1) is 17.2 Å². The summed E-state index contributed by atoms with van der Waals surface area (Å²) < 4.78 is 32.2. The van der Waals surface area contributed by atoms with Crippen LogP contribution in [0.5, 0.6) is 0 Å². The number of amides is 1. The van der Waals surface area contributed by atoms with Gasteiger partial charge in [-0.3, -0.25) is 9.10 Å². The Balaban J connectivity index is 2.33. The fraction of sp³-hybridized carbons (Fsp3) is 0.278. The normalized spacial score (nSPS) is 12.4. The number of carbonyl (C=O) groups is 1. The summed E-state index contributed by atoms with van der Waals surface area (Å²) in [5.74, 6) is -0.420. The van der Waals surface area contributed by atoms with Gasteiger partial charge in [-0.05, 0) is 43.3 Å². The van der Waals surface area contributed by atoms with E-state index in [1.54, 1.807) is 37.3 Å². The summed E-state index contributed by atoms with van der Waals surface area (Å²) in [5.41, 5.74) is 0.400. The topological polar surface area (TPSA) is 75.7 Å². The Morgan fingerprint density at radius 1 is 1.15 bits per heavy atom. The van der Waals surface area contributed by atoms with Gasteiger partial charge in [0, 0.05) is 18.2 Å². The minimum absolute atomic E-state index is 0.0588. The molecule has 0 saturated carbocycles. The smallest absolute Gasteiger partial charge is 0.264 e. The minimum atomic E-state index is -3.93. The summed E-state index contributed by atoms with van der Waals surface area (Å²) in [5, 5.41) is 3.15. The van der Waals surface area contributed by atoms with Gasteiger partial charge in [-0.1, -0.05) is 29.8 Å². The van der Waals surface area contributed by atoms with Crippen LogP contribution in [0.1, 0.15) is 6.92 Å². The van der Waals surface area contributed by atoms with E-state index in [4.69, 9.17) is 16.3 Å². The third-order valence-electron chi connectivity index (χ3n) is 3.56. The van der Waals surface area contributed by atoms with Crippen LogP contribution in [0.25, 0.3) is 0 Å². The number of rotatable bonds is 8. The molecule has 0 aliphatic heterocycles. The molecule has 0 heterocycles. The summed E-state index contributed by atoms with van der Waals surface area (Å²) in [6.07, 6.45) is 0. The Morgan fingerprint density at radius 3 is 2.35 bits per heavy atom. The highest BCUT2D eigenvalue weighted by atomic mass is 35.5. The molecule has 0 aliphatic rings. The van der Waals surface area contributed by atoms with Crippen LogP contribution >= 0.6 is 11.6 Å². The first-order valence-electron chi connectivity index (χ1n) is 7.96. The van der Waals surface area contributed by atoms with E-state index in [1.165, 1.54) is 31.4 Å². The number of para-hydroxylation sites is 1. The average Bonchev–Trinajstić information content (AvgIpc) is 2.61. The van der Waals surface area contributed by atoms with Crippen molar-refractivity contribution in [1.82, 2.24) is 5.32 Å². The summed E-state index contributed by atoms with van der Waals surface area (Å²) in [6.45, 7) is 1.77. The number of carbonyl (C=O) groups excluding carboxylic acids is 1. The van der Waals surface area contributed by atoms with Crippen molar-refractivity contribution in [3.8, 4) is 0 Å². The van der Waals surface area contributed by atoms with Crippen LogP contribution in [0.4, 0.5) is 5.69 Å². The van der Waals surface area contributed by atoms with E-state index in [1.807, 2.05) is 0 Å². The summed E-state index contributed by atoms with van der Waals surface area (Å²) in [4.78, 5) is 12.4. The number of anilines is 1. The number of hydrogen-bond acceptors (Lipinski definition) is 4. The van der Waals surface area contributed by atoms with Gasteiger partial charge >= 0.3 is 0 Å². The lowest BCUT2D eigenvalue weighted by molar-refractivity contribution is -0.120. The Morgan fingerprint density at radius 2 is 1.77 bits per heavy atom. The van der Waals surface area contributed by atoms with E-state index < -0.39 is 15.9 Å². The van der Waals surface area contributed by atoms with Crippen molar-refractivity contribution in [2.45, 2.75) is 17.9 Å². The number of nitrogens with zero attached hydrogens (tertiary/aromatic N) is 1. The maximum Gasteiger partial charge on any atom is 0.264 e. The first-order chi connectivity index (χ1) is 12.3. The summed E-state index contributed by atoms with van der Waals surface area (Å²) in [7, 11) is -2.40. The lowest BCUT2D eigenvalue weighted by Gasteiger charge is -2.25. The summed E-state index contributed by atoms with van der Waals surface area (Å²) in [6, 6.07) is 14.1. The number of benzene rings is 2. The molecule has 0 fully saturated rings. The van der Waals surface area contributed by atoms with Crippen molar-refractivity contribution in [3.05, 3.63) is 59.6 Å². The van der Waals surface area contributed by atoms with E-state index in [0.29, 0.717) is 17.3 Å². The fourth-order valence-electron chi connectivity index (χ4n) is 2.39. The molecular formula is C18H21ClN2O4S. The summed E-state index contributed by atoms with van der Waals surface area (Å²) >= 11 is 5.85. The molecule has 1 amide bonds. The molecule has 1 atom stereocenters. The van der Waals surface area contributed by atoms with Gasteiger partial charge < -0.3 is 10.1 Å². The quantitative estimate of drug-likeness (QED) is 0.744. The van der Waals surface area contributed by atoms with Crippen molar-refractivity contribution < 1.29 is 17.9 Å². The molecule has 0 radical (unpaired) electrons. The molecule has 0 unspecified atom stereocenters. The molecule has 0 bridgehead atoms. The van der Waals surface area contributed by atoms with Gasteiger partial charge in [-0.25, -0.2) is 8.42 Å². The number of ether oxygens (including phenoxy) is 1. The van der Waals surface area contributed by atoms with E-state index in [2.05, 4.69) is 5.32 Å². The maximum atomic E-state index is 13.1. The van der Waals surface area contributed by atoms with Crippen LogP contribution in [0.3, 0.4) is 0 Å². The molecule has 1 N–H and O–H groups in total. The average molecular weight is 397 g/mol. The van der Waals surface area contributed by atoms with E-state index >= 15 is 0 Å². The Labute approximate surface area is 158 Å². The van der Waals surface area contributed by atoms with Crippen LogP contribution in [0.15, 0.2) is 59.5 Å². The lowest BCUT2D eigenvalue weighted by Crippen LogP contribution is -2.44.